The molecule has 1 heterocycles. The van der Waals surface area contributed by atoms with E-state index in [1.807, 2.05) is 0 Å². The molecule has 0 bridgehead atoms. The Hall–Kier alpha value is -0.640. The van der Waals surface area contributed by atoms with Gasteiger partial charge < -0.3 is 10.6 Å². The molecule has 2 N–H and O–H groups in total. The highest BCUT2D eigenvalue weighted by Gasteiger charge is 2.20. The molecule has 1 aromatic rings. The number of hydrogen-bond donors (Lipinski definition) is 2. The first-order valence-corrected chi connectivity index (χ1v) is 6.37. The molecule has 0 saturated carbocycles. The van der Waals surface area contributed by atoms with E-state index in [0.717, 1.165) is 12.1 Å². The fraction of sp³-hybridized carbons (Fsp3) is 0.364. The van der Waals surface area contributed by atoms with Crippen molar-refractivity contribution in [2.24, 2.45) is 0 Å². The maximum Gasteiger partial charge on any atom is 0.220 e. The summed E-state index contributed by atoms with van der Waals surface area (Å²) >= 11 is 17.8. The summed E-state index contributed by atoms with van der Waals surface area (Å²) in [5.74, 6) is 0.0945. The van der Waals surface area contributed by atoms with Gasteiger partial charge in [-0.05, 0) is 18.6 Å². The third kappa shape index (κ3) is 3.18. The van der Waals surface area contributed by atoms with Crippen LogP contribution in [0, 0.1) is 0 Å². The van der Waals surface area contributed by atoms with Crippen LogP contribution in [0.2, 0.25) is 15.1 Å². The SMILES string of the molecule is O=C1CCC(CNc2cc(Cl)c(Cl)cc2Cl)N1. The Bertz CT molecular complexity index is 451. The molecule has 0 radical (unpaired) electrons. The Morgan fingerprint density at radius 1 is 1.24 bits per heavy atom. The lowest BCUT2D eigenvalue weighted by Crippen LogP contribution is -2.31. The first-order chi connectivity index (χ1) is 8.06. The van der Waals surface area contributed by atoms with E-state index in [9.17, 15) is 4.79 Å². The van der Waals surface area contributed by atoms with Crippen LogP contribution in [0.5, 0.6) is 0 Å². The average molecular weight is 294 g/mol. The number of anilines is 1. The van der Waals surface area contributed by atoms with E-state index in [1.54, 1.807) is 12.1 Å². The maximum atomic E-state index is 11.0. The van der Waals surface area contributed by atoms with Crippen molar-refractivity contribution in [3.8, 4) is 0 Å². The van der Waals surface area contributed by atoms with Crippen molar-refractivity contribution >= 4 is 46.4 Å². The number of carbonyl (C=O) groups excluding carboxylic acids is 1. The second-order valence-electron chi connectivity index (χ2n) is 3.93. The van der Waals surface area contributed by atoms with E-state index in [0.29, 0.717) is 28.0 Å². The Kier molecular flexibility index (Phi) is 4.02. The fourth-order valence-corrected chi connectivity index (χ4v) is 2.34. The van der Waals surface area contributed by atoms with E-state index < -0.39 is 0 Å². The summed E-state index contributed by atoms with van der Waals surface area (Å²) in [7, 11) is 0. The smallest absolute Gasteiger partial charge is 0.220 e. The summed E-state index contributed by atoms with van der Waals surface area (Å²) in [5, 5.41) is 7.42. The normalized spacial score (nSPS) is 19.2. The predicted molar refractivity (Wildman–Crippen MR) is 71.1 cm³/mol. The van der Waals surface area contributed by atoms with Gasteiger partial charge in [-0.3, -0.25) is 4.79 Å². The Labute approximate surface area is 114 Å². The number of halogens is 3. The molecule has 1 aliphatic heterocycles. The predicted octanol–water partition coefficient (Wildman–Crippen LogP) is 3.34. The van der Waals surface area contributed by atoms with Gasteiger partial charge in [-0.15, -0.1) is 0 Å². The van der Waals surface area contributed by atoms with Crippen LogP contribution in [0.1, 0.15) is 12.8 Å². The van der Waals surface area contributed by atoms with Crippen LogP contribution in [-0.2, 0) is 4.79 Å². The third-order valence-corrected chi connectivity index (χ3v) is 3.67. The highest BCUT2D eigenvalue weighted by atomic mass is 35.5. The second-order valence-corrected chi connectivity index (χ2v) is 5.15. The highest BCUT2D eigenvalue weighted by Crippen LogP contribution is 2.32. The summed E-state index contributed by atoms with van der Waals surface area (Å²) in [6, 6.07) is 3.43. The van der Waals surface area contributed by atoms with Gasteiger partial charge in [0, 0.05) is 19.0 Å². The standard InChI is InChI=1S/C11H11Cl3N2O/c12-7-3-9(14)10(4-8(7)13)15-5-6-1-2-11(17)16-6/h3-4,6,15H,1-2,5H2,(H,16,17). The minimum absolute atomic E-state index is 0.0945. The molecule has 1 fully saturated rings. The number of benzene rings is 1. The minimum atomic E-state index is 0.0945. The zero-order chi connectivity index (χ0) is 12.4. The number of amides is 1. The Morgan fingerprint density at radius 2 is 1.94 bits per heavy atom. The molecule has 0 aromatic heterocycles. The van der Waals surface area contributed by atoms with Gasteiger partial charge in [0.05, 0.1) is 20.8 Å². The summed E-state index contributed by atoms with van der Waals surface area (Å²) < 4.78 is 0. The molecule has 0 spiro atoms. The molecule has 1 saturated heterocycles. The van der Waals surface area contributed by atoms with Crippen LogP contribution < -0.4 is 10.6 Å². The summed E-state index contributed by atoms with van der Waals surface area (Å²) in [4.78, 5) is 11.0. The van der Waals surface area contributed by atoms with Crippen LogP contribution in [0.3, 0.4) is 0 Å². The molecule has 1 unspecified atom stereocenters. The highest BCUT2D eigenvalue weighted by molar-refractivity contribution is 6.44. The molecule has 1 atom stereocenters. The van der Waals surface area contributed by atoms with Crippen molar-refractivity contribution in [1.82, 2.24) is 5.32 Å². The lowest BCUT2D eigenvalue weighted by atomic mass is 10.2. The molecule has 1 amide bonds. The van der Waals surface area contributed by atoms with Crippen LogP contribution >= 0.6 is 34.8 Å². The van der Waals surface area contributed by atoms with E-state index in [-0.39, 0.29) is 11.9 Å². The monoisotopic (exact) mass is 292 g/mol. The molecule has 17 heavy (non-hydrogen) atoms. The van der Waals surface area contributed by atoms with Crippen molar-refractivity contribution in [2.75, 3.05) is 11.9 Å². The molecular formula is C11H11Cl3N2O. The molecule has 0 aliphatic carbocycles. The second kappa shape index (κ2) is 5.34. The average Bonchev–Trinajstić information content (AvgIpc) is 2.68. The number of rotatable bonds is 3. The zero-order valence-corrected chi connectivity index (χ0v) is 11.2. The molecule has 6 heteroatoms. The minimum Gasteiger partial charge on any atom is -0.382 e. The van der Waals surface area contributed by atoms with Crippen molar-refractivity contribution in [1.29, 1.82) is 0 Å². The van der Waals surface area contributed by atoms with Crippen LogP contribution in [0.4, 0.5) is 5.69 Å². The number of carbonyl (C=O) groups is 1. The molecule has 92 valence electrons. The van der Waals surface area contributed by atoms with Gasteiger partial charge in [-0.1, -0.05) is 34.8 Å². The third-order valence-electron chi connectivity index (χ3n) is 2.63. The Morgan fingerprint density at radius 3 is 2.59 bits per heavy atom. The number of nitrogens with one attached hydrogen (secondary N) is 2. The van der Waals surface area contributed by atoms with Crippen LogP contribution in [0.25, 0.3) is 0 Å². The van der Waals surface area contributed by atoms with Crippen LogP contribution in [0.15, 0.2) is 12.1 Å². The van der Waals surface area contributed by atoms with Gasteiger partial charge >= 0.3 is 0 Å². The lowest BCUT2D eigenvalue weighted by molar-refractivity contribution is -0.119. The molecule has 2 rings (SSSR count). The van der Waals surface area contributed by atoms with Gasteiger partial charge in [0.25, 0.3) is 0 Å². The number of hydrogen-bond acceptors (Lipinski definition) is 2. The van der Waals surface area contributed by atoms with Gasteiger partial charge in [-0.2, -0.15) is 0 Å². The fourth-order valence-electron chi connectivity index (χ4n) is 1.72. The lowest BCUT2D eigenvalue weighted by Gasteiger charge is -2.14. The van der Waals surface area contributed by atoms with E-state index in [1.165, 1.54) is 0 Å². The topological polar surface area (TPSA) is 41.1 Å². The van der Waals surface area contributed by atoms with Gasteiger partial charge in [0.2, 0.25) is 5.91 Å². The zero-order valence-electron chi connectivity index (χ0n) is 8.90. The molecular weight excluding hydrogens is 282 g/mol. The van der Waals surface area contributed by atoms with Crippen molar-refractivity contribution < 1.29 is 4.79 Å². The van der Waals surface area contributed by atoms with E-state index in [2.05, 4.69) is 10.6 Å². The van der Waals surface area contributed by atoms with Crippen molar-refractivity contribution in [3.63, 3.8) is 0 Å². The van der Waals surface area contributed by atoms with E-state index in [4.69, 9.17) is 34.8 Å². The first-order valence-electron chi connectivity index (χ1n) is 5.24. The van der Waals surface area contributed by atoms with Crippen molar-refractivity contribution in [2.45, 2.75) is 18.9 Å². The summed E-state index contributed by atoms with van der Waals surface area (Å²) in [5.41, 5.74) is 0.724. The summed E-state index contributed by atoms with van der Waals surface area (Å²) in [6.45, 7) is 0.628. The van der Waals surface area contributed by atoms with Crippen LogP contribution in [-0.4, -0.2) is 18.5 Å². The van der Waals surface area contributed by atoms with Gasteiger partial charge in [0.1, 0.15) is 0 Å². The molecule has 3 nitrogen and oxygen atoms in total. The quantitative estimate of drug-likeness (QED) is 0.839. The van der Waals surface area contributed by atoms with Gasteiger partial charge in [0.15, 0.2) is 0 Å². The maximum absolute atomic E-state index is 11.0. The van der Waals surface area contributed by atoms with Gasteiger partial charge in [-0.25, -0.2) is 0 Å². The molecule has 1 aromatic carbocycles. The Balaban J connectivity index is 1.99. The van der Waals surface area contributed by atoms with E-state index >= 15 is 0 Å². The largest absolute Gasteiger partial charge is 0.382 e. The summed E-state index contributed by atoms with van der Waals surface area (Å²) in [6.07, 6.45) is 1.42. The van der Waals surface area contributed by atoms with Crippen molar-refractivity contribution in [3.05, 3.63) is 27.2 Å². The molecule has 1 aliphatic rings. The first kappa shape index (κ1) is 12.8.